The molecule has 0 radical (unpaired) electrons. The Bertz CT molecular complexity index is 581. The van der Waals surface area contributed by atoms with Crippen LogP contribution in [0.3, 0.4) is 0 Å². The molecule has 0 aromatic heterocycles. The van der Waals surface area contributed by atoms with E-state index >= 15 is 0 Å². The molecule has 4 nitrogen and oxygen atoms in total. The summed E-state index contributed by atoms with van der Waals surface area (Å²) in [6.45, 7) is 3.81. The Morgan fingerprint density at radius 2 is 2.05 bits per heavy atom. The van der Waals surface area contributed by atoms with Crippen LogP contribution in [0.15, 0.2) is 24.3 Å². The van der Waals surface area contributed by atoms with Crippen LogP contribution in [0.4, 0.5) is 0 Å². The van der Waals surface area contributed by atoms with E-state index in [2.05, 4.69) is 5.32 Å². The van der Waals surface area contributed by atoms with Gasteiger partial charge in [-0.05, 0) is 37.5 Å². The van der Waals surface area contributed by atoms with E-state index in [1.807, 2.05) is 31.2 Å². The number of nitrogens with zero attached hydrogens (tertiary/aromatic N) is 1. The molecular formula is C17H21ClN2O2. The van der Waals surface area contributed by atoms with Crippen LogP contribution in [-0.4, -0.2) is 36.3 Å². The van der Waals surface area contributed by atoms with E-state index in [9.17, 15) is 9.59 Å². The Balaban J connectivity index is 1.57. The van der Waals surface area contributed by atoms with Crippen LogP contribution in [0, 0.1) is 5.92 Å². The molecule has 1 saturated heterocycles. The first-order valence-corrected chi connectivity index (χ1v) is 8.23. The third-order valence-corrected chi connectivity index (χ3v) is 5.13. The fourth-order valence-corrected chi connectivity index (χ4v) is 3.30. The molecule has 1 saturated carbocycles. The molecule has 1 aromatic carbocycles. The largest absolute Gasteiger partial charge is 0.355 e. The maximum atomic E-state index is 12.3. The number of halogens is 1. The molecule has 0 bridgehead atoms. The molecule has 1 aliphatic carbocycles. The van der Waals surface area contributed by atoms with Gasteiger partial charge in [0, 0.05) is 36.5 Å². The van der Waals surface area contributed by atoms with Crippen LogP contribution in [0.2, 0.25) is 5.02 Å². The van der Waals surface area contributed by atoms with E-state index in [-0.39, 0.29) is 23.1 Å². The fraction of sp³-hybridized carbons (Fsp3) is 0.529. The van der Waals surface area contributed by atoms with E-state index in [1.54, 1.807) is 4.90 Å². The van der Waals surface area contributed by atoms with Gasteiger partial charge in [-0.2, -0.15) is 0 Å². The minimum atomic E-state index is -0.200. The number of hydrogen-bond donors (Lipinski definition) is 1. The van der Waals surface area contributed by atoms with Gasteiger partial charge in [0.2, 0.25) is 11.8 Å². The lowest BCUT2D eigenvalue weighted by atomic mass is 9.95. The van der Waals surface area contributed by atoms with E-state index in [0.717, 1.165) is 17.9 Å². The Hall–Kier alpha value is -1.55. The Morgan fingerprint density at radius 1 is 1.36 bits per heavy atom. The second-order valence-corrected chi connectivity index (χ2v) is 6.77. The highest BCUT2D eigenvalue weighted by Gasteiger charge is 2.45. The molecule has 1 N–H and O–H groups in total. The lowest BCUT2D eigenvalue weighted by Crippen LogP contribution is -2.37. The molecule has 1 atom stereocenters. The lowest BCUT2D eigenvalue weighted by Gasteiger charge is -2.18. The number of likely N-dealkylation sites (tertiary alicyclic amines) is 1. The SMILES string of the molecule is CCN1CC(C(=O)NCC2(c3ccc(Cl)cc3)CC2)CC1=O. The first-order valence-electron chi connectivity index (χ1n) is 7.85. The first-order chi connectivity index (χ1) is 10.5. The van der Waals surface area contributed by atoms with Crippen molar-refractivity contribution >= 4 is 23.4 Å². The van der Waals surface area contributed by atoms with Crippen LogP contribution in [0.25, 0.3) is 0 Å². The molecule has 0 spiro atoms. The van der Waals surface area contributed by atoms with E-state index in [4.69, 9.17) is 11.6 Å². The zero-order valence-corrected chi connectivity index (χ0v) is 13.5. The Labute approximate surface area is 135 Å². The fourth-order valence-electron chi connectivity index (χ4n) is 3.18. The molecule has 2 amide bonds. The predicted molar refractivity (Wildman–Crippen MR) is 85.7 cm³/mol. The van der Waals surface area contributed by atoms with Crippen LogP contribution in [0.5, 0.6) is 0 Å². The second kappa shape index (κ2) is 5.92. The smallest absolute Gasteiger partial charge is 0.225 e. The van der Waals surface area contributed by atoms with Crippen LogP contribution < -0.4 is 5.32 Å². The van der Waals surface area contributed by atoms with Crippen molar-refractivity contribution in [2.45, 2.75) is 31.6 Å². The van der Waals surface area contributed by atoms with Gasteiger partial charge in [0.25, 0.3) is 0 Å². The highest BCUT2D eigenvalue weighted by atomic mass is 35.5. The van der Waals surface area contributed by atoms with Crippen molar-refractivity contribution < 1.29 is 9.59 Å². The molecule has 3 rings (SSSR count). The monoisotopic (exact) mass is 320 g/mol. The van der Waals surface area contributed by atoms with Gasteiger partial charge in [-0.15, -0.1) is 0 Å². The third kappa shape index (κ3) is 2.98. The zero-order valence-electron chi connectivity index (χ0n) is 12.8. The van der Waals surface area contributed by atoms with Crippen molar-refractivity contribution in [3.63, 3.8) is 0 Å². The average Bonchev–Trinajstić information content (AvgIpc) is 3.21. The molecular weight excluding hydrogens is 300 g/mol. The molecule has 1 heterocycles. The number of nitrogens with one attached hydrogen (secondary N) is 1. The van der Waals surface area contributed by atoms with Crippen molar-refractivity contribution in [2.75, 3.05) is 19.6 Å². The number of amides is 2. The molecule has 2 aliphatic rings. The summed E-state index contributed by atoms with van der Waals surface area (Å²) in [5.74, 6) is -0.112. The molecule has 2 fully saturated rings. The molecule has 1 aliphatic heterocycles. The quantitative estimate of drug-likeness (QED) is 0.905. The summed E-state index contributed by atoms with van der Waals surface area (Å²) < 4.78 is 0. The van der Waals surface area contributed by atoms with Gasteiger partial charge in [0.05, 0.1) is 5.92 Å². The van der Waals surface area contributed by atoms with Crippen molar-refractivity contribution in [1.29, 1.82) is 0 Å². The predicted octanol–water partition coefficient (Wildman–Crippen LogP) is 2.36. The maximum Gasteiger partial charge on any atom is 0.225 e. The molecule has 5 heteroatoms. The molecule has 118 valence electrons. The normalized spacial score (nSPS) is 22.7. The van der Waals surface area contributed by atoms with Crippen LogP contribution in [-0.2, 0) is 15.0 Å². The highest BCUT2D eigenvalue weighted by Crippen LogP contribution is 2.47. The van der Waals surface area contributed by atoms with Crippen molar-refractivity contribution in [2.24, 2.45) is 5.92 Å². The first kappa shape index (κ1) is 15.3. The van der Waals surface area contributed by atoms with Crippen molar-refractivity contribution in [3.8, 4) is 0 Å². The maximum absolute atomic E-state index is 12.3. The van der Waals surface area contributed by atoms with Gasteiger partial charge in [-0.1, -0.05) is 23.7 Å². The number of hydrogen-bond acceptors (Lipinski definition) is 2. The van der Waals surface area contributed by atoms with Gasteiger partial charge < -0.3 is 10.2 Å². The summed E-state index contributed by atoms with van der Waals surface area (Å²) >= 11 is 5.93. The molecule has 1 unspecified atom stereocenters. The van der Waals surface area contributed by atoms with E-state index in [0.29, 0.717) is 26.1 Å². The van der Waals surface area contributed by atoms with Crippen molar-refractivity contribution in [1.82, 2.24) is 10.2 Å². The highest BCUT2D eigenvalue weighted by molar-refractivity contribution is 6.30. The minimum absolute atomic E-state index is 0.00420. The summed E-state index contributed by atoms with van der Waals surface area (Å²) in [5, 5.41) is 3.78. The van der Waals surface area contributed by atoms with Gasteiger partial charge in [-0.25, -0.2) is 0 Å². The third-order valence-electron chi connectivity index (χ3n) is 4.88. The summed E-state index contributed by atoms with van der Waals surface area (Å²) in [4.78, 5) is 25.8. The van der Waals surface area contributed by atoms with E-state index in [1.165, 1.54) is 5.56 Å². The summed E-state index contributed by atoms with van der Waals surface area (Å²) in [5.41, 5.74) is 1.29. The summed E-state index contributed by atoms with van der Waals surface area (Å²) in [6, 6.07) is 7.87. The molecule has 22 heavy (non-hydrogen) atoms. The van der Waals surface area contributed by atoms with Crippen LogP contribution in [0.1, 0.15) is 31.7 Å². The second-order valence-electron chi connectivity index (χ2n) is 6.34. The lowest BCUT2D eigenvalue weighted by molar-refractivity contribution is -0.128. The Kier molecular flexibility index (Phi) is 4.13. The number of rotatable bonds is 5. The van der Waals surface area contributed by atoms with Gasteiger partial charge in [0.15, 0.2) is 0 Å². The average molecular weight is 321 g/mol. The zero-order chi connectivity index (χ0) is 15.7. The van der Waals surface area contributed by atoms with Gasteiger partial charge in [0.1, 0.15) is 0 Å². The number of carbonyl (C=O) groups excluding carboxylic acids is 2. The Morgan fingerprint density at radius 3 is 2.59 bits per heavy atom. The standard InChI is InChI=1S/C17H21ClN2O2/c1-2-20-10-12(9-15(20)21)16(22)19-11-17(7-8-17)13-3-5-14(18)6-4-13/h3-6,12H,2,7-11H2,1H3,(H,19,22). The van der Waals surface area contributed by atoms with Gasteiger partial charge >= 0.3 is 0 Å². The number of carbonyl (C=O) groups is 2. The minimum Gasteiger partial charge on any atom is -0.355 e. The number of benzene rings is 1. The van der Waals surface area contributed by atoms with Crippen LogP contribution >= 0.6 is 11.6 Å². The van der Waals surface area contributed by atoms with Gasteiger partial charge in [-0.3, -0.25) is 9.59 Å². The van der Waals surface area contributed by atoms with E-state index < -0.39 is 0 Å². The molecule has 1 aromatic rings. The summed E-state index contributed by atoms with van der Waals surface area (Å²) in [7, 11) is 0. The topological polar surface area (TPSA) is 49.4 Å². The summed E-state index contributed by atoms with van der Waals surface area (Å²) in [6.07, 6.45) is 2.51. The van der Waals surface area contributed by atoms with Crippen molar-refractivity contribution in [3.05, 3.63) is 34.9 Å².